The lowest BCUT2D eigenvalue weighted by Gasteiger charge is -2.07. The van der Waals surface area contributed by atoms with Crippen molar-refractivity contribution in [3.63, 3.8) is 0 Å². The van der Waals surface area contributed by atoms with Gasteiger partial charge in [-0.1, -0.05) is 11.6 Å². The van der Waals surface area contributed by atoms with E-state index in [1.807, 2.05) is 0 Å². The molecule has 0 amide bonds. The van der Waals surface area contributed by atoms with Gasteiger partial charge in [0.05, 0.1) is 29.5 Å². The molecule has 6 nitrogen and oxygen atoms in total. The van der Waals surface area contributed by atoms with Crippen LogP contribution in [0.3, 0.4) is 0 Å². The highest BCUT2D eigenvalue weighted by Crippen LogP contribution is 2.32. The molecule has 27 heavy (non-hydrogen) atoms. The van der Waals surface area contributed by atoms with E-state index in [1.54, 1.807) is 24.3 Å². The van der Waals surface area contributed by atoms with E-state index in [0.717, 1.165) is 6.07 Å². The van der Waals surface area contributed by atoms with E-state index in [4.69, 9.17) is 21.6 Å². The highest BCUT2D eigenvalue weighted by atomic mass is 35.5. The number of H-pyrrole nitrogens is 1. The molecule has 0 atom stereocenters. The molecule has 138 valence electrons. The quantitative estimate of drug-likeness (QED) is 0.666. The van der Waals surface area contributed by atoms with Crippen molar-refractivity contribution >= 4 is 27.3 Å². The summed E-state index contributed by atoms with van der Waals surface area (Å²) >= 11 is 6.17. The van der Waals surface area contributed by atoms with E-state index in [9.17, 15) is 12.8 Å². The van der Waals surface area contributed by atoms with Crippen molar-refractivity contribution in [3.05, 3.63) is 65.1 Å². The molecule has 3 aromatic rings. The first-order valence-electron chi connectivity index (χ1n) is 7.59. The first-order valence-corrected chi connectivity index (χ1v) is 9.45. The molecule has 0 unspecified atom stereocenters. The summed E-state index contributed by atoms with van der Waals surface area (Å²) in [5.41, 5.74) is 0.852. The maximum absolute atomic E-state index is 14.0. The second-order valence-corrected chi connectivity index (χ2v) is 7.60. The minimum atomic E-state index is -4.05. The van der Waals surface area contributed by atoms with Gasteiger partial charge in [-0.3, -0.25) is 4.72 Å². The second kappa shape index (κ2) is 7.31. The van der Waals surface area contributed by atoms with Crippen LogP contribution in [0.1, 0.15) is 5.56 Å². The molecular weight excluding hydrogens is 393 g/mol. The summed E-state index contributed by atoms with van der Waals surface area (Å²) in [6.45, 7) is 0. The van der Waals surface area contributed by atoms with E-state index >= 15 is 0 Å². The predicted octanol–water partition coefficient (Wildman–Crippen LogP) is 4.16. The summed E-state index contributed by atoms with van der Waals surface area (Å²) in [7, 11) is -2.54. The molecule has 3 rings (SSSR count). The topological polar surface area (TPSA) is 95.0 Å². The van der Waals surface area contributed by atoms with Crippen LogP contribution in [-0.2, 0) is 10.0 Å². The first-order chi connectivity index (χ1) is 12.8. The maximum atomic E-state index is 14.0. The molecule has 9 heteroatoms. The van der Waals surface area contributed by atoms with Crippen LogP contribution < -0.4 is 9.46 Å². The lowest BCUT2D eigenvalue weighted by molar-refractivity contribution is 0.415. The Hall–Kier alpha value is -3.02. The zero-order valence-corrected chi connectivity index (χ0v) is 15.5. The Kier molecular flexibility index (Phi) is 5.08. The van der Waals surface area contributed by atoms with E-state index in [1.165, 1.54) is 31.5 Å². The molecule has 0 saturated carbocycles. The van der Waals surface area contributed by atoms with Crippen molar-refractivity contribution in [2.24, 2.45) is 0 Å². The second-order valence-electron chi connectivity index (χ2n) is 5.51. The van der Waals surface area contributed by atoms with Crippen molar-refractivity contribution in [2.45, 2.75) is 4.90 Å². The van der Waals surface area contributed by atoms with Gasteiger partial charge in [0.2, 0.25) is 0 Å². The van der Waals surface area contributed by atoms with Gasteiger partial charge in [0, 0.05) is 17.5 Å². The molecule has 1 aromatic heterocycles. The number of nitrogens with one attached hydrogen (secondary N) is 2. The van der Waals surface area contributed by atoms with Crippen LogP contribution in [0.25, 0.3) is 11.3 Å². The summed E-state index contributed by atoms with van der Waals surface area (Å²) in [6, 6.07) is 11.6. The van der Waals surface area contributed by atoms with Gasteiger partial charge in [-0.2, -0.15) is 5.26 Å². The number of ether oxygens (including phenoxy) is 1. The van der Waals surface area contributed by atoms with Crippen LogP contribution in [0.5, 0.6) is 5.75 Å². The minimum absolute atomic E-state index is 0.0899. The van der Waals surface area contributed by atoms with Gasteiger partial charge in [-0.25, -0.2) is 12.8 Å². The molecule has 0 radical (unpaired) electrons. The third kappa shape index (κ3) is 3.89. The average molecular weight is 406 g/mol. The first kappa shape index (κ1) is 18.8. The number of hydrogen-bond acceptors (Lipinski definition) is 4. The molecule has 1 heterocycles. The summed E-state index contributed by atoms with van der Waals surface area (Å²) in [6.07, 6.45) is 1.27. The Labute approximate surface area is 160 Å². The van der Waals surface area contributed by atoms with Crippen molar-refractivity contribution in [3.8, 4) is 23.1 Å². The number of anilines is 1. The fourth-order valence-corrected chi connectivity index (χ4v) is 3.67. The van der Waals surface area contributed by atoms with Crippen molar-refractivity contribution in [1.82, 2.24) is 4.98 Å². The highest BCUT2D eigenvalue weighted by Gasteiger charge is 2.19. The molecule has 0 fully saturated rings. The number of benzene rings is 2. The molecule has 0 aliphatic carbocycles. The van der Waals surface area contributed by atoms with Crippen LogP contribution in [0.15, 0.2) is 53.6 Å². The SMILES string of the molecule is COc1ccc(Cl)c(-c2cc(S(=O)(=O)Nc3ccc(C#N)cc3F)c[nH]2)c1. The van der Waals surface area contributed by atoms with Crippen LogP contribution in [0, 0.1) is 17.1 Å². The van der Waals surface area contributed by atoms with Crippen LogP contribution in [0.2, 0.25) is 5.02 Å². The molecule has 0 aliphatic heterocycles. The number of sulfonamides is 1. The van der Waals surface area contributed by atoms with Crippen molar-refractivity contribution < 1.29 is 17.5 Å². The Morgan fingerprint density at radius 2 is 2.00 bits per heavy atom. The fraction of sp³-hybridized carbons (Fsp3) is 0.0556. The van der Waals surface area contributed by atoms with Gasteiger partial charge in [0.15, 0.2) is 0 Å². The van der Waals surface area contributed by atoms with Crippen LogP contribution in [0.4, 0.5) is 10.1 Å². The molecule has 0 spiro atoms. The number of methoxy groups -OCH3 is 1. The van der Waals surface area contributed by atoms with Gasteiger partial charge >= 0.3 is 0 Å². The number of aromatic nitrogens is 1. The van der Waals surface area contributed by atoms with Crippen molar-refractivity contribution in [2.75, 3.05) is 11.8 Å². The summed E-state index contributed by atoms with van der Waals surface area (Å²) < 4.78 is 46.4. The van der Waals surface area contributed by atoms with Crippen molar-refractivity contribution in [1.29, 1.82) is 5.26 Å². The summed E-state index contributed by atoms with van der Waals surface area (Å²) in [4.78, 5) is 2.75. The molecule has 0 aliphatic rings. The zero-order valence-electron chi connectivity index (χ0n) is 14.0. The van der Waals surface area contributed by atoms with Gasteiger partial charge in [-0.15, -0.1) is 0 Å². The Balaban J connectivity index is 1.93. The summed E-state index contributed by atoms with van der Waals surface area (Å²) in [5.74, 6) is -0.282. The van der Waals surface area contributed by atoms with E-state index < -0.39 is 15.8 Å². The largest absolute Gasteiger partial charge is 0.497 e. The Morgan fingerprint density at radius 1 is 1.22 bits per heavy atom. The van der Waals surface area contributed by atoms with E-state index in [-0.39, 0.29) is 16.1 Å². The van der Waals surface area contributed by atoms with Gasteiger partial charge < -0.3 is 9.72 Å². The smallest absolute Gasteiger partial charge is 0.263 e. The lowest BCUT2D eigenvalue weighted by Crippen LogP contribution is -2.13. The summed E-state index contributed by atoms with van der Waals surface area (Å²) in [5, 5.41) is 9.17. The number of halogens is 2. The molecular formula is C18H13ClFN3O3S. The Morgan fingerprint density at radius 3 is 2.67 bits per heavy atom. The molecule has 2 N–H and O–H groups in total. The molecule has 2 aromatic carbocycles. The van der Waals surface area contributed by atoms with E-state index in [0.29, 0.717) is 22.0 Å². The number of rotatable bonds is 5. The van der Waals surface area contributed by atoms with Gasteiger partial charge in [0.1, 0.15) is 16.5 Å². The van der Waals surface area contributed by atoms with Crippen LogP contribution >= 0.6 is 11.6 Å². The van der Waals surface area contributed by atoms with Crippen LogP contribution in [-0.4, -0.2) is 20.5 Å². The normalized spacial score (nSPS) is 11.0. The monoisotopic (exact) mass is 405 g/mol. The predicted molar refractivity (Wildman–Crippen MR) is 99.7 cm³/mol. The number of hydrogen-bond donors (Lipinski definition) is 2. The number of aromatic amines is 1. The maximum Gasteiger partial charge on any atom is 0.263 e. The fourth-order valence-electron chi connectivity index (χ4n) is 2.39. The third-order valence-electron chi connectivity index (χ3n) is 3.77. The molecule has 0 bridgehead atoms. The number of nitriles is 1. The average Bonchev–Trinajstić information content (AvgIpc) is 3.14. The highest BCUT2D eigenvalue weighted by molar-refractivity contribution is 7.92. The van der Waals surface area contributed by atoms with E-state index in [2.05, 4.69) is 9.71 Å². The number of nitrogens with zero attached hydrogens (tertiary/aromatic N) is 1. The Bertz CT molecular complexity index is 1150. The molecule has 0 saturated heterocycles. The van der Waals surface area contributed by atoms with Gasteiger partial charge in [0.25, 0.3) is 10.0 Å². The standard InChI is InChI=1S/C18H13ClFN3O3S/c1-26-12-3-4-15(19)14(7-12)18-8-13(10-22-18)27(24,25)23-17-5-2-11(9-21)6-16(17)20/h2-8,10,22-23H,1H3. The minimum Gasteiger partial charge on any atom is -0.497 e. The third-order valence-corrected chi connectivity index (χ3v) is 5.45. The zero-order chi connectivity index (χ0) is 19.6. The lowest BCUT2D eigenvalue weighted by atomic mass is 10.1. The van der Waals surface area contributed by atoms with Gasteiger partial charge in [-0.05, 0) is 42.5 Å².